The van der Waals surface area contributed by atoms with E-state index >= 15 is 0 Å². The summed E-state index contributed by atoms with van der Waals surface area (Å²) in [5, 5.41) is 3.17. The first-order valence-electron chi connectivity index (χ1n) is 11.3. The molecule has 0 aliphatic carbocycles. The molecule has 174 valence electrons. The van der Waals surface area contributed by atoms with E-state index in [0.717, 1.165) is 28.3 Å². The first-order valence-corrected chi connectivity index (χ1v) is 12.2. The minimum atomic E-state index is -1.29. The Morgan fingerprint density at radius 2 is 1.91 bits per heavy atom. The monoisotopic (exact) mass is 469 g/mol. The molecule has 2 aliphatic heterocycles. The van der Waals surface area contributed by atoms with Crippen LogP contribution in [0, 0.1) is 5.82 Å². The predicted octanol–water partition coefficient (Wildman–Crippen LogP) is 4.68. The highest BCUT2D eigenvalue weighted by Crippen LogP contribution is 2.38. The fourth-order valence-corrected chi connectivity index (χ4v) is 5.53. The molecule has 8 heteroatoms. The van der Waals surface area contributed by atoms with Gasteiger partial charge in [-0.25, -0.2) is 9.18 Å². The average molecular weight is 470 g/mol. The van der Waals surface area contributed by atoms with Gasteiger partial charge in [-0.05, 0) is 42.7 Å². The standard InChI is InChI=1S/C25H28FN3O3S/c1-3-4-14-25(18-9-11-19(26)12-10-18)23(31)29(24(32)27-25)16-22(30)28-15-13-17(2)33-21-8-6-5-7-20(21)28/h5-12,17H,3-4,13-16H2,1-2H3,(H,27,32)/t17-,25+/m0/s1. The normalized spacial score (nSPS) is 22.7. The Morgan fingerprint density at radius 1 is 1.18 bits per heavy atom. The zero-order chi connectivity index (χ0) is 23.6. The number of thioether (sulfide) groups is 1. The zero-order valence-electron chi connectivity index (χ0n) is 18.8. The van der Waals surface area contributed by atoms with Crippen LogP contribution in [-0.4, -0.2) is 41.1 Å². The second-order valence-corrected chi connectivity index (χ2v) is 10.0. The van der Waals surface area contributed by atoms with Crippen molar-refractivity contribution in [3.63, 3.8) is 0 Å². The molecule has 4 rings (SSSR count). The van der Waals surface area contributed by atoms with Gasteiger partial charge in [-0.1, -0.05) is 51.0 Å². The largest absolute Gasteiger partial charge is 0.325 e. The molecule has 1 saturated heterocycles. The molecule has 2 aliphatic rings. The summed E-state index contributed by atoms with van der Waals surface area (Å²) < 4.78 is 13.5. The maximum absolute atomic E-state index is 13.6. The van der Waals surface area contributed by atoms with E-state index in [-0.39, 0.29) is 12.5 Å². The highest BCUT2D eigenvalue weighted by atomic mass is 32.2. The number of halogens is 1. The average Bonchev–Trinajstić information content (AvgIpc) is 2.94. The van der Waals surface area contributed by atoms with E-state index in [1.165, 1.54) is 24.3 Å². The number of para-hydroxylation sites is 1. The Kier molecular flexibility index (Phi) is 6.74. The minimum Gasteiger partial charge on any atom is -0.319 e. The lowest BCUT2D eigenvalue weighted by Gasteiger charge is -2.28. The van der Waals surface area contributed by atoms with Gasteiger partial charge >= 0.3 is 6.03 Å². The highest BCUT2D eigenvalue weighted by molar-refractivity contribution is 8.00. The minimum absolute atomic E-state index is 0.300. The van der Waals surface area contributed by atoms with Gasteiger partial charge in [0.15, 0.2) is 0 Å². The fourth-order valence-electron chi connectivity index (χ4n) is 4.42. The molecule has 2 aromatic rings. The first-order chi connectivity index (χ1) is 15.9. The van der Waals surface area contributed by atoms with E-state index in [1.54, 1.807) is 16.7 Å². The summed E-state index contributed by atoms with van der Waals surface area (Å²) in [6.45, 7) is 4.30. The van der Waals surface area contributed by atoms with Crippen LogP contribution in [0.15, 0.2) is 53.4 Å². The molecule has 0 saturated carbocycles. The number of rotatable bonds is 6. The van der Waals surface area contributed by atoms with Gasteiger partial charge < -0.3 is 10.2 Å². The number of hydrogen-bond donors (Lipinski definition) is 1. The molecule has 0 bridgehead atoms. The third kappa shape index (κ3) is 4.49. The maximum Gasteiger partial charge on any atom is 0.325 e. The molecule has 0 unspecified atom stereocenters. The Labute approximate surface area is 197 Å². The lowest BCUT2D eigenvalue weighted by Crippen LogP contribution is -2.46. The van der Waals surface area contributed by atoms with Crippen LogP contribution in [0.2, 0.25) is 0 Å². The van der Waals surface area contributed by atoms with E-state index in [4.69, 9.17) is 0 Å². The van der Waals surface area contributed by atoms with Crippen molar-refractivity contribution in [2.45, 2.75) is 55.2 Å². The second-order valence-electron chi connectivity index (χ2n) is 8.57. The van der Waals surface area contributed by atoms with Gasteiger partial charge in [-0.2, -0.15) is 0 Å². The smallest absolute Gasteiger partial charge is 0.319 e. The Balaban J connectivity index is 1.61. The van der Waals surface area contributed by atoms with Crippen LogP contribution in [0.25, 0.3) is 0 Å². The van der Waals surface area contributed by atoms with Crippen LogP contribution in [0.5, 0.6) is 0 Å². The third-order valence-electron chi connectivity index (χ3n) is 6.26. The molecule has 4 amide bonds. The molecule has 0 aromatic heterocycles. The summed E-state index contributed by atoms with van der Waals surface area (Å²) >= 11 is 1.72. The lowest BCUT2D eigenvalue weighted by atomic mass is 9.85. The second kappa shape index (κ2) is 9.55. The molecule has 1 N–H and O–H groups in total. The molecule has 2 aromatic carbocycles. The van der Waals surface area contributed by atoms with Gasteiger partial charge in [0.2, 0.25) is 5.91 Å². The first kappa shape index (κ1) is 23.3. The quantitative estimate of drug-likeness (QED) is 0.624. The van der Waals surface area contributed by atoms with Gasteiger partial charge in [-0.15, -0.1) is 11.8 Å². The zero-order valence-corrected chi connectivity index (χ0v) is 19.7. The van der Waals surface area contributed by atoms with E-state index in [1.807, 2.05) is 31.2 Å². The topological polar surface area (TPSA) is 69.7 Å². The number of unbranched alkanes of at least 4 members (excludes halogenated alkanes) is 1. The van der Waals surface area contributed by atoms with Crippen LogP contribution < -0.4 is 10.2 Å². The molecule has 1 fully saturated rings. The maximum atomic E-state index is 13.6. The van der Waals surface area contributed by atoms with E-state index in [2.05, 4.69) is 12.2 Å². The third-order valence-corrected chi connectivity index (χ3v) is 7.49. The van der Waals surface area contributed by atoms with Crippen LogP contribution in [-0.2, 0) is 15.1 Å². The van der Waals surface area contributed by atoms with Crippen molar-refractivity contribution in [1.82, 2.24) is 10.2 Å². The SMILES string of the molecule is CCCC[C@]1(c2ccc(F)cc2)NC(=O)N(CC(=O)N2CC[C@H](C)Sc3ccccc32)C1=O. The van der Waals surface area contributed by atoms with Crippen molar-refractivity contribution in [2.75, 3.05) is 18.0 Å². The van der Waals surface area contributed by atoms with Crippen molar-refractivity contribution in [2.24, 2.45) is 0 Å². The number of nitrogens with one attached hydrogen (secondary N) is 1. The Bertz CT molecular complexity index is 1060. The molecule has 0 radical (unpaired) electrons. The summed E-state index contributed by atoms with van der Waals surface area (Å²) in [4.78, 5) is 43.6. The van der Waals surface area contributed by atoms with Crippen molar-refractivity contribution >= 4 is 35.3 Å². The number of fused-ring (bicyclic) bond motifs is 1. The molecular formula is C25H28FN3O3S. The number of carbonyl (C=O) groups is 3. The van der Waals surface area contributed by atoms with Gasteiger partial charge in [0.25, 0.3) is 5.91 Å². The van der Waals surface area contributed by atoms with Crippen molar-refractivity contribution in [3.05, 3.63) is 59.9 Å². The van der Waals surface area contributed by atoms with Crippen molar-refractivity contribution < 1.29 is 18.8 Å². The van der Waals surface area contributed by atoms with Gasteiger partial charge in [-0.3, -0.25) is 14.5 Å². The number of hydrogen-bond acceptors (Lipinski definition) is 4. The molecule has 2 atom stereocenters. The number of amides is 4. The lowest BCUT2D eigenvalue weighted by molar-refractivity contribution is -0.135. The van der Waals surface area contributed by atoms with E-state index < -0.39 is 23.3 Å². The molecule has 6 nitrogen and oxygen atoms in total. The fraction of sp³-hybridized carbons (Fsp3) is 0.400. The van der Waals surface area contributed by atoms with Gasteiger partial charge in [0.05, 0.1) is 5.69 Å². The highest BCUT2D eigenvalue weighted by Gasteiger charge is 2.52. The van der Waals surface area contributed by atoms with E-state index in [9.17, 15) is 18.8 Å². The summed E-state index contributed by atoms with van der Waals surface area (Å²) in [5.74, 6) is -1.18. The Morgan fingerprint density at radius 3 is 2.64 bits per heavy atom. The van der Waals surface area contributed by atoms with E-state index in [0.29, 0.717) is 30.2 Å². The summed E-state index contributed by atoms with van der Waals surface area (Å²) in [7, 11) is 0. The molecule has 0 spiro atoms. The number of imide groups is 1. The molecule has 2 heterocycles. The Hall–Kier alpha value is -2.87. The van der Waals surface area contributed by atoms with Crippen LogP contribution >= 0.6 is 11.8 Å². The van der Waals surface area contributed by atoms with Crippen LogP contribution in [0.1, 0.15) is 45.1 Å². The van der Waals surface area contributed by atoms with Crippen LogP contribution in [0.4, 0.5) is 14.9 Å². The van der Waals surface area contributed by atoms with Crippen molar-refractivity contribution in [3.8, 4) is 0 Å². The number of carbonyl (C=O) groups excluding carboxylic acids is 3. The number of benzene rings is 2. The molecular weight excluding hydrogens is 441 g/mol. The summed E-state index contributed by atoms with van der Waals surface area (Å²) in [5.41, 5.74) is 0.0398. The number of anilines is 1. The number of urea groups is 1. The summed E-state index contributed by atoms with van der Waals surface area (Å²) in [6.07, 6.45) is 2.71. The predicted molar refractivity (Wildman–Crippen MR) is 127 cm³/mol. The van der Waals surface area contributed by atoms with Gasteiger partial charge in [0.1, 0.15) is 17.9 Å². The number of nitrogens with zero attached hydrogens (tertiary/aromatic N) is 2. The van der Waals surface area contributed by atoms with Gasteiger partial charge in [0, 0.05) is 16.7 Å². The summed E-state index contributed by atoms with van der Waals surface area (Å²) in [6, 6.07) is 12.7. The van der Waals surface area contributed by atoms with Crippen LogP contribution in [0.3, 0.4) is 0 Å². The molecule has 33 heavy (non-hydrogen) atoms. The van der Waals surface area contributed by atoms with Crippen molar-refractivity contribution in [1.29, 1.82) is 0 Å².